The predicted molar refractivity (Wildman–Crippen MR) is 73.0 cm³/mol. The average molecular weight is 348 g/mol. The summed E-state index contributed by atoms with van der Waals surface area (Å²) in [6.07, 6.45) is 0. The van der Waals surface area contributed by atoms with Crippen LogP contribution in [0, 0.1) is 9.49 Å². The zero-order valence-corrected chi connectivity index (χ0v) is 11.4. The topological polar surface area (TPSA) is 78.4 Å². The van der Waals surface area contributed by atoms with Gasteiger partial charge in [-0.15, -0.1) is 0 Å². The molecule has 1 aromatic rings. The van der Waals surface area contributed by atoms with Gasteiger partial charge in [0.05, 0.1) is 11.6 Å². The van der Waals surface area contributed by atoms with Crippen LogP contribution in [0.2, 0.25) is 0 Å². The van der Waals surface area contributed by atoms with Gasteiger partial charge in [0.15, 0.2) is 0 Å². The zero-order valence-electron chi connectivity index (χ0n) is 9.24. The maximum absolute atomic E-state index is 11.5. The van der Waals surface area contributed by atoms with Gasteiger partial charge in [0.25, 0.3) is 0 Å². The van der Waals surface area contributed by atoms with Gasteiger partial charge in [-0.2, -0.15) is 0 Å². The predicted octanol–water partition coefficient (Wildman–Crippen LogP) is 2.13. The molecule has 0 aliphatic carbocycles. The third kappa shape index (κ3) is 4.59. The molecule has 0 saturated carbocycles. The molecule has 1 rings (SSSR count). The number of rotatable bonds is 4. The third-order valence-electron chi connectivity index (χ3n) is 2.11. The van der Waals surface area contributed by atoms with E-state index in [0.29, 0.717) is 5.69 Å². The Morgan fingerprint density at radius 1 is 1.41 bits per heavy atom. The van der Waals surface area contributed by atoms with E-state index in [4.69, 9.17) is 5.11 Å². The highest BCUT2D eigenvalue weighted by Gasteiger charge is 2.12. The van der Waals surface area contributed by atoms with Crippen molar-refractivity contribution in [1.29, 1.82) is 0 Å². The van der Waals surface area contributed by atoms with Crippen LogP contribution in [0.1, 0.15) is 6.92 Å². The quantitative estimate of drug-likeness (QED) is 0.730. The molecule has 92 valence electrons. The van der Waals surface area contributed by atoms with Crippen molar-refractivity contribution in [1.82, 2.24) is 5.32 Å². The summed E-state index contributed by atoms with van der Waals surface area (Å²) in [6.45, 7) is 1.64. The summed E-state index contributed by atoms with van der Waals surface area (Å²) >= 11 is 2.11. The summed E-state index contributed by atoms with van der Waals surface area (Å²) in [4.78, 5) is 22.0. The van der Waals surface area contributed by atoms with Crippen LogP contribution in [0.15, 0.2) is 24.3 Å². The van der Waals surface area contributed by atoms with Crippen molar-refractivity contribution in [3.8, 4) is 0 Å². The van der Waals surface area contributed by atoms with Crippen molar-refractivity contribution >= 4 is 40.3 Å². The Morgan fingerprint density at radius 2 is 2.06 bits per heavy atom. The smallest absolute Gasteiger partial charge is 0.319 e. The monoisotopic (exact) mass is 348 g/mol. The molecule has 0 aliphatic heterocycles. The summed E-state index contributed by atoms with van der Waals surface area (Å²) in [5.41, 5.74) is 0.702. The van der Waals surface area contributed by atoms with Gasteiger partial charge < -0.3 is 15.7 Å². The maximum Gasteiger partial charge on any atom is 0.319 e. The van der Waals surface area contributed by atoms with Crippen molar-refractivity contribution in [2.24, 2.45) is 5.92 Å². The number of urea groups is 1. The van der Waals surface area contributed by atoms with E-state index in [2.05, 4.69) is 33.2 Å². The molecule has 0 aliphatic rings. The molecule has 5 nitrogen and oxygen atoms in total. The van der Waals surface area contributed by atoms with Gasteiger partial charge >= 0.3 is 12.0 Å². The van der Waals surface area contributed by atoms with Gasteiger partial charge in [-0.05, 0) is 34.7 Å². The fourth-order valence-corrected chi connectivity index (χ4v) is 1.58. The van der Waals surface area contributed by atoms with E-state index in [0.717, 1.165) is 3.57 Å². The van der Waals surface area contributed by atoms with Crippen LogP contribution in [0.4, 0.5) is 10.5 Å². The molecule has 0 spiro atoms. The SMILES string of the molecule is CC(CNC(=O)Nc1ccccc1I)C(=O)O. The van der Waals surface area contributed by atoms with E-state index in [1.807, 2.05) is 18.2 Å². The van der Waals surface area contributed by atoms with Gasteiger partial charge in [0.1, 0.15) is 0 Å². The van der Waals surface area contributed by atoms with Crippen LogP contribution in [0.5, 0.6) is 0 Å². The van der Waals surface area contributed by atoms with Crippen LogP contribution in [-0.4, -0.2) is 23.7 Å². The molecule has 6 heteroatoms. The van der Waals surface area contributed by atoms with Crippen molar-refractivity contribution in [2.75, 3.05) is 11.9 Å². The number of carbonyl (C=O) groups is 2. The second-order valence-corrected chi connectivity index (χ2v) is 4.72. The Morgan fingerprint density at radius 3 is 2.65 bits per heavy atom. The number of hydrogen-bond donors (Lipinski definition) is 3. The fraction of sp³-hybridized carbons (Fsp3) is 0.273. The minimum Gasteiger partial charge on any atom is -0.481 e. The highest BCUT2D eigenvalue weighted by atomic mass is 127. The zero-order chi connectivity index (χ0) is 12.8. The number of carbonyl (C=O) groups excluding carboxylic acids is 1. The van der Waals surface area contributed by atoms with E-state index >= 15 is 0 Å². The molecular formula is C11H13IN2O3. The molecule has 0 fully saturated rings. The standard InChI is InChI=1S/C11H13IN2O3/c1-7(10(15)16)6-13-11(17)14-9-5-3-2-4-8(9)12/h2-5,7H,6H2,1H3,(H,15,16)(H2,13,14,17). The van der Waals surface area contributed by atoms with Gasteiger partial charge in [-0.1, -0.05) is 19.1 Å². The number of carboxylic acids is 1. The Hall–Kier alpha value is -1.31. The molecule has 1 aromatic carbocycles. The van der Waals surface area contributed by atoms with Gasteiger partial charge in [-0.25, -0.2) is 4.79 Å². The van der Waals surface area contributed by atoms with Crippen molar-refractivity contribution in [3.63, 3.8) is 0 Å². The number of anilines is 1. The Labute approximate surface area is 113 Å². The number of aliphatic carboxylic acids is 1. The number of halogens is 1. The van der Waals surface area contributed by atoms with E-state index < -0.39 is 17.9 Å². The lowest BCUT2D eigenvalue weighted by Gasteiger charge is -2.10. The number of hydrogen-bond acceptors (Lipinski definition) is 2. The summed E-state index contributed by atoms with van der Waals surface area (Å²) in [6, 6.07) is 6.94. The largest absolute Gasteiger partial charge is 0.481 e. The molecule has 17 heavy (non-hydrogen) atoms. The number of carboxylic acid groups (broad SMARTS) is 1. The lowest BCUT2D eigenvalue weighted by Crippen LogP contribution is -2.34. The first-order chi connectivity index (χ1) is 8.00. The first kappa shape index (κ1) is 13.8. The fourth-order valence-electron chi connectivity index (χ4n) is 1.06. The number of amides is 2. The summed E-state index contributed by atoms with van der Waals surface area (Å²) in [5.74, 6) is -1.53. The van der Waals surface area contributed by atoms with E-state index in [1.165, 1.54) is 6.92 Å². The first-order valence-corrected chi connectivity index (χ1v) is 6.10. The summed E-state index contributed by atoms with van der Waals surface area (Å²) < 4.78 is 0.923. The molecule has 3 N–H and O–H groups in total. The molecule has 0 heterocycles. The summed E-state index contributed by atoms with van der Waals surface area (Å²) in [7, 11) is 0. The van der Waals surface area contributed by atoms with E-state index in [-0.39, 0.29) is 6.54 Å². The number of benzene rings is 1. The van der Waals surface area contributed by atoms with E-state index in [1.54, 1.807) is 6.07 Å². The normalized spacial score (nSPS) is 11.6. The van der Waals surface area contributed by atoms with Crippen LogP contribution < -0.4 is 10.6 Å². The average Bonchev–Trinajstić information content (AvgIpc) is 2.29. The van der Waals surface area contributed by atoms with E-state index in [9.17, 15) is 9.59 Å². The Balaban J connectivity index is 2.46. The maximum atomic E-state index is 11.5. The van der Waals surface area contributed by atoms with Crippen LogP contribution in [0.3, 0.4) is 0 Å². The third-order valence-corrected chi connectivity index (χ3v) is 3.05. The minimum atomic E-state index is -0.931. The van der Waals surface area contributed by atoms with Crippen molar-refractivity contribution in [2.45, 2.75) is 6.92 Å². The summed E-state index contributed by atoms with van der Waals surface area (Å²) in [5, 5.41) is 13.8. The molecule has 2 amide bonds. The molecule has 0 radical (unpaired) electrons. The molecular weight excluding hydrogens is 335 g/mol. The van der Waals surface area contributed by atoms with Gasteiger partial charge in [-0.3, -0.25) is 4.79 Å². The van der Waals surface area contributed by atoms with Crippen LogP contribution in [0.25, 0.3) is 0 Å². The van der Waals surface area contributed by atoms with Crippen molar-refractivity contribution < 1.29 is 14.7 Å². The second-order valence-electron chi connectivity index (χ2n) is 3.55. The highest BCUT2D eigenvalue weighted by molar-refractivity contribution is 14.1. The van der Waals surface area contributed by atoms with Crippen LogP contribution >= 0.6 is 22.6 Å². The molecule has 0 saturated heterocycles. The van der Waals surface area contributed by atoms with Crippen LogP contribution in [-0.2, 0) is 4.79 Å². The Bertz CT molecular complexity index is 423. The Kier molecular flexibility index (Phi) is 5.20. The van der Waals surface area contributed by atoms with Gasteiger partial charge in [0, 0.05) is 10.1 Å². The lowest BCUT2D eigenvalue weighted by molar-refractivity contribution is -0.140. The molecule has 0 aromatic heterocycles. The van der Waals surface area contributed by atoms with Gasteiger partial charge in [0.2, 0.25) is 0 Å². The molecule has 1 unspecified atom stereocenters. The number of nitrogens with one attached hydrogen (secondary N) is 2. The molecule has 1 atom stereocenters. The minimum absolute atomic E-state index is 0.102. The lowest BCUT2D eigenvalue weighted by atomic mass is 10.2. The first-order valence-electron chi connectivity index (χ1n) is 5.03. The second kappa shape index (κ2) is 6.43. The molecule has 0 bridgehead atoms. The number of para-hydroxylation sites is 1. The highest BCUT2D eigenvalue weighted by Crippen LogP contribution is 2.16. The van der Waals surface area contributed by atoms with Crippen molar-refractivity contribution in [3.05, 3.63) is 27.8 Å².